The van der Waals surface area contributed by atoms with Crippen LogP contribution in [-0.4, -0.2) is 54.1 Å². The van der Waals surface area contributed by atoms with E-state index in [1.54, 1.807) is 0 Å². The molecule has 0 bridgehead atoms. The first-order valence-electron chi connectivity index (χ1n) is 5.98. The van der Waals surface area contributed by atoms with E-state index in [2.05, 4.69) is 15.5 Å². The van der Waals surface area contributed by atoms with Crippen molar-refractivity contribution in [2.75, 3.05) is 20.1 Å². The highest BCUT2D eigenvalue weighted by Crippen LogP contribution is 2.07. The van der Waals surface area contributed by atoms with Gasteiger partial charge >= 0.3 is 12.0 Å². The summed E-state index contributed by atoms with van der Waals surface area (Å²) in [5.41, 5.74) is 0. The Bertz CT molecular complexity index is 324. The van der Waals surface area contributed by atoms with Crippen LogP contribution in [-0.2, 0) is 9.59 Å². The van der Waals surface area contributed by atoms with Gasteiger partial charge in [-0.15, -0.1) is 0 Å². The van der Waals surface area contributed by atoms with Gasteiger partial charge in [0.15, 0.2) is 0 Å². The molecule has 3 amide bonds. The predicted octanol–water partition coefficient (Wildman–Crippen LogP) is -0.229. The van der Waals surface area contributed by atoms with Crippen LogP contribution in [0.25, 0.3) is 0 Å². The minimum atomic E-state index is -1.05. The Kier molecular flexibility index (Phi) is 5.57. The van der Waals surface area contributed by atoms with Crippen molar-refractivity contribution in [3.8, 4) is 0 Å². The van der Waals surface area contributed by atoms with Gasteiger partial charge in [0.1, 0.15) is 0 Å². The third-order valence-corrected chi connectivity index (χ3v) is 2.87. The van der Waals surface area contributed by atoms with Crippen molar-refractivity contribution in [1.82, 2.24) is 15.5 Å². The second-order valence-electron chi connectivity index (χ2n) is 4.49. The molecule has 1 rings (SSSR count). The molecule has 7 nitrogen and oxygen atoms in total. The first-order chi connectivity index (χ1) is 8.47. The fourth-order valence-corrected chi connectivity index (χ4v) is 1.78. The minimum absolute atomic E-state index is 0.0773. The summed E-state index contributed by atoms with van der Waals surface area (Å²) in [6.45, 7) is 1.83. The number of hydrogen-bond donors (Lipinski definition) is 3. The average Bonchev–Trinajstić information content (AvgIpc) is 2.29. The lowest BCUT2D eigenvalue weighted by Gasteiger charge is -2.29. The zero-order valence-electron chi connectivity index (χ0n) is 10.4. The summed E-state index contributed by atoms with van der Waals surface area (Å²) in [5.74, 6) is -1.62. The second kappa shape index (κ2) is 6.95. The number of rotatable bonds is 4. The maximum absolute atomic E-state index is 11.4. The molecule has 0 atom stereocenters. The van der Waals surface area contributed by atoms with Gasteiger partial charge in [0.05, 0.1) is 6.42 Å². The van der Waals surface area contributed by atoms with Crippen LogP contribution in [0, 0.1) is 0 Å². The van der Waals surface area contributed by atoms with E-state index in [4.69, 9.17) is 5.11 Å². The summed E-state index contributed by atoms with van der Waals surface area (Å²) in [6, 6.07) is -0.464. The first-order valence-corrected chi connectivity index (χ1v) is 5.98. The van der Waals surface area contributed by atoms with Gasteiger partial charge in [0.2, 0.25) is 5.91 Å². The van der Waals surface area contributed by atoms with Crippen molar-refractivity contribution in [1.29, 1.82) is 0 Å². The molecule has 0 aromatic carbocycles. The van der Waals surface area contributed by atoms with Crippen molar-refractivity contribution in [3.63, 3.8) is 0 Å². The molecule has 0 aromatic heterocycles. The number of carbonyl (C=O) groups excluding carboxylic acids is 2. The topological polar surface area (TPSA) is 98.7 Å². The molecule has 18 heavy (non-hydrogen) atoms. The molecule has 0 spiro atoms. The lowest BCUT2D eigenvalue weighted by atomic mass is 10.1. The van der Waals surface area contributed by atoms with Crippen LogP contribution in [0.3, 0.4) is 0 Å². The van der Waals surface area contributed by atoms with Gasteiger partial charge in [-0.25, -0.2) is 4.79 Å². The molecule has 0 saturated carbocycles. The number of hydrogen-bond acceptors (Lipinski definition) is 4. The van der Waals surface area contributed by atoms with Crippen LogP contribution < -0.4 is 10.6 Å². The number of aliphatic carboxylic acids is 1. The van der Waals surface area contributed by atoms with Gasteiger partial charge in [0, 0.05) is 12.5 Å². The summed E-state index contributed by atoms with van der Waals surface area (Å²) in [7, 11) is 2.02. The van der Waals surface area contributed by atoms with Crippen molar-refractivity contribution in [2.24, 2.45) is 0 Å². The van der Waals surface area contributed by atoms with Crippen molar-refractivity contribution < 1.29 is 19.5 Å². The third-order valence-electron chi connectivity index (χ3n) is 2.87. The highest BCUT2D eigenvalue weighted by Gasteiger charge is 2.19. The number of piperidine rings is 1. The molecular formula is C11H19N3O4. The Hall–Kier alpha value is -1.63. The van der Waals surface area contributed by atoms with E-state index >= 15 is 0 Å². The van der Waals surface area contributed by atoms with E-state index in [1.165, 1.54) is 0 Å². The molecule has 1 aliphatic heterocycles. The highest BCUT2D eigenvalue weighted by atomic mass is 16.4. The van der Waals surface area contributed by atoms with E-state index < -0.39 is 17.9 Å². The normalized spacial score (nSPS) is 17.2. The SMILES string of the molecule is CN1CCC(NC(=O)NC(=O)CCC(=O)O)CC1. The van der Waals surface area contributed by atoms with Crippen LogP contribution in [0.5, 0.6) is 0 Å². The maximum atomic E-state index is 11.4. The summed E-state index contributed by atoms with van der Waals surface area (Å²) in [6.07, 6.45) is 1.25. The molecule has 0 unspecified atom stereocenters. The summed E-state index contributed by atoms with van der Waals surface area (Å²) < 4.78 is 0. The molecule has 0 aromatic rings. The Morgan fingerprint density at radius 2 is 1.83 bits per heavy atom. The Morgan fingerprint density at radius 3 is 2.39 bits per heavy atom. The number of urea groups is 1. The van der Waals surface area contributed by atoms with E-state index in [-0.39, 0.29) is 18.9 Å². The van der Waals surface area contributed by atoms with Crippen molar-refractivity contribution in [2.45, 2.75) is 31.7 Å². The molecule has 102 valence electrons. The highest BCUT2D eigenvalue weighted by molar-refractivity contribution is 5.95. The number of nitrogens with one attached hydrogen (secondary N) is 2. The van der Waals surface area contributed by atoms with Gasteiger partial charge in [-0.2, -0.15) is 0 Å². The summed E-state index contributed by atoms with van der Waals surface area (Å²) in [4.78, 5) is 35.1. The van der Waals surface area contributed by atoms with Gasteiger partial charge < -0.3 is 15.3 Å². The predicted molar refractivity (Wildman–Crippen MR) is 64.1 cm³/mol. The number of carboxylic acids is 1. The smallest absolute Gasteiger partial charge is 0.321 e. The molecule has 1 aliphatic rings. The van der Waals surface area contributed by atoms with Crippen molar-refractivity contribution in [3.05, 3.63) is 0 Å². The van der Waals surface area contributed by atoms with Crippen molar-refractivity contribution >= 4 is 17.9 Å². The quantitative estimate of drug-likeness (QED) is 0.646. The van der Waals surface area contributed by atoms with Crippen LogP contribution in [0.15, 0.2) is 0 Å². The number of amides is 3. The standard InChI is InChI=1S/C11H19N3O4/c1-14-6-4-8(5-7-14)12-11(18)13-9(15)2-3-10(16)17/h8H,2-7H2,1H3,(H,16,17)(H2,12,13,15,18). The zero-order valence-corrected chi connectivity index (χ0v) is 10.4. The molecular weight excluding hydrogens is 238 g/mol. The van der Waals surface area contributed by atoms with E-state index in [1.807, 2.05) is 7.05 Å². The molecule has 0 aliphatic carbocycles. The minimum Gasteiger partial charge on any atom is -0.481 e. The molecule has 1 fully saturated rings. The van der Waals surface area contributed by atoms with E-state index in [0.29, 0.717) is 0 Å². The second-order valence-corrected chi connectivity index (χ2v) is 4.49. The van der Waals surface area contributed by atoms with Gasteiger partial charge in [-0.3, -0.25) is 14.9 Å². The Morgan fingerprint density at radius 1 is 1.22 bits per heavy atom. The number of nitrogens with zero attached hydrogens (tertiary/aromatic N) is 1. The number of imide groups is 1. The molecule has 1 saturated heterocycles. The molecule has 1 heterocycles. The number of carboxylic acid groups (broad SMARTS) is 1. The monoisotopic (exact) mass is 257 g/mol. The van der Waals surface area contributed by atoms with E-state index in [0.717, 1.165) is 25.9 Å². The Balaban J connectivity index is 2.20. The van der Waals surface area contributed by atoms with Gasteiger partial charge in [-0.1, -0.05) is 0 Å². The molecule has 0 radical (unpaired) electrons. The largest absolute Gasteiger partial charge is 0.481 e. The average molecular weight is 257 g/mol. The lowest BCUT2D eigenvalue weighted by molar-refractivity contribution is -0.138. The zero-order chi connectivity index (χ0) is 13.5. The summed E-state index contributed by atoms with van der Waals surface area (Å²) >= 11 is 0. The van der Waals surface area contributed by atoms with Crippen LogP contribution in [0.4, 0.5) is 4.79 Å². The third kappa shape index (κ3) is 5.62. The van der Waals surface area contributed by atoms with Gasteiger partial charge in [-0.05, 0) is 33.0 Å². The Labute approximate surface area is 106 Å². The van der Waals surface area contributed by atoms with E-state index in [9.17, 15) is 14.4 Å². The fraction of sp³-hybridized carbons (Fsp3) is 0.727. The molecule has 7 heteroatoms. The maximum Gasteiger partial charge on any atom is 0.321 e. The fourth-order valence-electron chi connectivity index (χ4n) is 1.78. The lowest BCUT2D eigenvalue weighted by Crippen LogP contribution is -2.48. The van der Waals surface area contributed by atoms with Crippen LogP contribution >= 0.6 is 0 Å². The van der Waals surface area contributed by atoms with Crippen LogP contribution in [0.2, 0.25) is 0 Å². The molecule has 3 N–H and O–H groups in total. The first kappa shape index (κ1) is 14.4. The summed E-state index contributed by atoms with van der Waals surface area (Å²) in [5, 5.41) is 13.2. The number of carbonyl (C=O) groups is 3. The van der Waals surface area contributed by atoms with Gasteiger partial charge in [0.25, 0.3) is 0 Å². The number of likely N-dealkylation sites (tertiary alicyclic amines) is 1. The van der Waals surface area contributed by atoms with Crippen LogP contribution in [0.1, 0.15) is 25.7 Å².